The molecule has 0 radical (unpaired) electrons. The van der Waals surface area contributed by atoms with Crippen LogP contribution in [0, 0.1) is 12.8 Å². The number of aromatic amines is 1. The second kappa shape index (κ2) is 6.29. The molecule has 6 nitrogen and oxygen atoms in total. The predicted molar refractivity (Wildman–Crippen MR) is 78.3 cm³/mol. The minimum Gasteiger partial charge on any atom is -0.326 e. The first-order chi connectivity index (χ1) is 9.60. The molecule has 1 atom stereocenters. The van der Waals surface area contributed by atoms with Crippen molar-refractivity contribution in [3.8, 4) is 11.4 Å². The van der Waals surface area contributed by atoms with Crippen LogP contribution in [0.3, 0.4) is 0 Å². The lowest BCUT2D eigenvalue weighted by molar-refractivity contribution is -0.119. The number of aromatic nitrogens is 3. The molecular formula is C14H19N5O. The van der Waals surface area contributed by atoms with Gasteiger partial charge in [0, 0.05) is 23.7 Å². The van der Waals surface area contributed by atoms with Crippen molar-refractivity contribution in [3.63, 3.8) is 0 Å². The third-order valence-electron chi connectivity index (χ3n) is 2.97. The van der Waals surface area contributed by atoms with Crippen LogP contribution in [-0.4, -0.2) is 34.7 Å². The highest BCUT2D eigenvalue weighted by Gasteiger charge is 2.12. The van der Waals surface area contributed by atoms with E-state index < -0.39 is 0 Å². The van der Waals surface area contributed by atoms with Gasteiger partial charge in [-0.2, -0.15) is 5.10 Å². The van der Waals surface area contributed by atoms with Crippen molar-refractivity contribution in [1.29, 1.82) is 0 Å². The largest absolute Gasteiger partial charge is 0.326 e. The second-order valence-corrected chi connectivity index (χ2v) is 4.77. The molecule has 2 rings (SSSR count). The van der Waals surface area contributed by atoms with Gasteiger partial charge in [-0.05, 0) is 38.2 Å². The number of carbonyl (C=O) groups excluding carboxylic acids is 1. The number of anilines is 1. The lowest BCUT2D eigenvalue weighted by Crippen LogP contribution is -2.28. The van der Waals surface area contributed by atoms with E-state index in [1.807, 2.05) is 45.2 Å². The molecule has 106 valence electrons. The fourth-order valence-corrected chi connectivity index (χ4v) is 1.84. The predicted octanol–water partition coefficient (Wildman–Crippen LogP) is 1.57. The third-order valence-corrected chi connectivity index (χ3v) is 2.97. The molecule has 6 heteroatoms. The molecule has 1 aromatic heterocycles. The number of H-pyrrole nitrogens is 1. The first-order valence-electron chi connectivity index (χ1n) is 6.55. The Morgan fingerprint density at radius 2 is 2.05 bits per heavy atom. The van der Waals surface area contributed by atoms with E-state index in [1.165, 1.54) is 0 Å². The van der Waals surface area contributed by atoms with Gasteiger partial charge in [-0.3, -0.25) is 9.89 Å². The van der Waals surface area contributed by atoms with E-state index in [4.69, 9.17) is 0 Å². The second-order valence-electron chi connectivity index (χ2n) is 4.77. The van der Waals surface area contributed by atoms with Crippen molar-refractivity contribution in [1.82, 2.24) is 20.5 Å². The normalized spacial score (nSPS) is 12.2. The van der Waals surface area contributed by atoms with Crippen LogP contribution in [0.4, 0.5) is 5.69 Å². The zero-order valence-corrected chi connectivity index (χ0v) is 11.9. The molecule has 1 unspecified atom stereocenters. The quantitative estimate of drug-likeness (QED) is 0.772. The lowest BCUT2D eigenvalue weighted by Gasteiger charge is -2.11. The van der Waals surface area contributed by atoms with Crippen LogP contribution < -0.4 is 10.6 Å². The van der Waals surface area contributed by atoms with Gasteiger partial charge in [0.15, 0.2) is 5.82 Å². The van der Waals surface area contributed by atoms with Crippen molar-refractivity contribution in [2.45, 2.75) is 13.8 Å². The van der Waals surface area contributed by atoms with Crippen LogP contribution in [0.25, 0.3) is 11.4 Å². The molecule has 1 amide bonds. The van der Waals surface area contributed by atoms with Crippen LogP contribution in [0.1, 0.15) is 12.7 Å². The summed E-state index contributed by atoms with van der Waals surface area (Å²) in [7, 11) is 1.83. The summed E-state index contributed by atoms with van der Waals surface area (Å²) in [6.45, 7) is 4.39. The molecule has 0 aliphatic carbocycles. The average molecular weight is 273 g/mol. The summed E-state index contributed by atoms with van der Waals surface area (Å²) in [6.07, 6.45) is 0. The van der Waals surface area contributed by atoms with Gasteiger partial charge >= 0.3 is 0 Å². The molecule has 3 N–H and O–H groups in total. The first-order valence-corrected chi connectivity index (χ1v) is 6.55. The summed E-state index contributed by atoms with van der Waals surface area (Å²) in [6, 6.07) is 7.48. The van der Waals surface area contributed by atoms with E-state index >= 15 is 0 Å². The van der Waals surface area contributed by atoms with Crippen LogP contribution >= 0.6 is 0 Å². The maximum absolute atomic E-state index is 11.9. The number of nitrogens with one attached hydrogen (secondary N) is 3. The standard InChI is InChI=1S/C14H19N5O/c1-9(8-15-3)14(20)17-12-6-4-11(5-7-12)13-16-10(2)18-19-13/h4-7,9,15H,8H2,1-3H3,(H,17,20)(H,16,18,19). The molecule has 20 heavy (non-hydrogen) atoms. The van der Waals surface area contributed by atoms with Crippen molar-refractivity contribution >= 4 is 11.6 Å². The Hall–Kier alpha value is -2.21. The molecule has 0 bridgehead atoms. The molecule has 2 aromatic rings. The fraction of sp³-hybridized carbons (Fsp3) is 0.357. The van der Waals surface area contributed by atoms with Gasteiger partial charge in [0.2, 0.25) is 5.91 Å². The van der Waals surface area contributed by atoms with Gasteiger partial charge in [0.1, 0.15) is 5.82 Å². The number of rotatable bonds is 5. The number of benzene rings is 1. The van der Waals surface area contributed by atoms with Crippen LogP contribution in [-0.2, 0) is 4.79 Å². The molecule has 1 aromatic carbocycles. The van der Waals surface area contributed by atoms with E-state index in [0.717, 1.165) is 17.1 Å². The van der Waals surface area contributed by atoms with Gasteiger partial charge in [-0.1, -0.05) is 6.92 Å². The number of carbonyl (C=O) groups is 1. The Morgan fingerprint density at radius 3 is 2.60 bits per heavy atom. The third kappa shape index (κ3) is 3.42. The van der Waals surface area contributed by atoms with E-state index in [9.17, 15) is 4.79 Å². The molecule has 1 heterocycles. The van der Waals surface area contributed by atoms with Gasteiger partial charge in [-0.25, -0.2) is 4.98 Å². The van der Waals surface area contributed by atoms with Gasteiger partial charge in [-0.15, -0.1) is 0 Å². The maximum atomic E-state index is 11.9. The first kappa shape index (κ1) is 14.2. The van der Waals surface area contributed by atoms with Crippen LogP contribution in [0.5, 0.6) is 0 Å². The monoisotopic (exact) mass is 273 g/mol. The molecule has 0 saturated heterocycles. The Morgan fingerprint density at radius 1 is 1.35 bits per heavy atom. The molecule has 0 fully saturated rings. The van der Waals surface area contributed by atoms with Crippen LogP contribution in [0.2, 0.25) is 0 Å². The summed E-state index contributed by atoms with van der Waals surface area (Å²) >= 11 is 0. The number of hydrogen-bond acceptors (Lipinski definition) is 4. The van der Waals surface area contributed by atoms with E-state index in [1.54, 1.807) is 0 Å². The Labute approximate surface area is 118 Å². The smallest absolute Gasteiger partial charge is 0.228 e. The summed E-state index contributed by atoms with van der Waals surface area (Å²) in [5, 5.41) is 12.8. The summed E-state index contributed by atoms with van der Waals surface area (Å²) < 4.78 is 0. The topological polar surface area (TPSA) is 82.7 Å². The lowest BCUT2D eigenvalue weighted by atomic mass is 10.1. The Balaban J connectivity index is 2.03. The zero-order valence-electron chi connectivity index (χ0n) is 11.9. The number of hydrogen-bond donors (Lipinski definition) is 3. The molecule has 0 aliphatic heterocycles. The van der Waals surface area contributed by atoms with Crippen LogP contribution in [0.15, 0.2) is 24.3 Å². The highest BCUT2D eigenvalue weighted by molar-refractivity contribution is 5.92. The Bertz CT molecular complexity index is 576. The summed E-state index contributed by atoms with van der Waals surface area (Å²) in [4.78, 5) is 16.1. The van der Waals surface area contributed by atoms with E-state index in [-0.39, 0.29) is 11.8 Å². The Kier molecular flexibility index (Phi) is 4.47. The zero-order chi connectivity index (χ0) is 14.5. The highest BCUT2D eigenvalue weighted by Crippen LogP contribution is 2.18. The molecular weight excluding hydrogens is 254 g/mol. The van der Waals surface area contributed by atoms with Crippen molar-refractivity contribution in [2.75, 3.05) is 18.9 Å². The van der Waals surface area contributed by atoms with E-state index in [2.05, 4.69) is 25.8 Å². The molecule has 0 spiro atoms. The van der Waals surface area contributed by atoms with Gasteiger partial charge in [0.25, 0.3) is 0 Å². The number of amides is 1. The highest BCUT2D eigenvalue weighted by atomic mass is 16.1. The fourth-order valence-electron chi connectivity index (χ4n) is 1.84. The maximum Gasteiger partial charge on any atom is 0.228 e. The summed E-state index contributed by atoms with van der Waals surface area (Å²) in [5.74, 6) is 1.36. The number of nitrogens with zero attached hydrogens (tertiary/aromatic N) is 2. The molecule has 0 aliphatic rings. The van der Waals surface area contributed by atoms with Gasteiger partial charge < -0.3 is 10.6 Å². The minimum absolute atomic E-state index is 0.000777. The average Bonchev–Trinajstić information content (AvgIpc) is 2.86. The minimum atomic E-state index is -0.0738. The van der Waals surface area contributed by atoms with Crippen molar-refractivity contribution in [2.24, 2.45) is 5.92 Å². The van der Waals surface area contributed by atoms with Crippen molar-refractivity contribution in [3.05, 3.63) is 30.1 Å². The number of aryl methyl sites for hydroxylation is 1. The van der Waals surface area contributed by atoms with Crippen molar-refractivity contribution < 1.29 is 4.79 Å². The van der Waals surface area contributed by atoms with E-state index in [0.29, 0.717) is 12.4 Å². The molecule has 0 saturated carbocycles. The summed E-state index contributed by atoms with van der Waals surface area (Å²) in [5.41, 5.74) is 1.68. The van der Waals surface area contributed by atoms with Gasteiger partial charge in [0.05, 0.1) is 0 Å². The SMILES string of the molecule is CNCC(C)C(=O)Nc1ccc(-c2n[nH]c(C)n2)cc1.